The molecule has 198 valence electrons. The van der Waals surface area contributed by atoms with Crippen LogP contribution in [0.4, 0.5) is 4.79 Å². The summed E-state index contributed by atoms with van der Waals surface area (Å²) in [7, 11) is -2.79. The van der Waals surface area contributed by atoms with E-state index in [0.29, 0.717) is 16.2 Å². The van der Waals surface area contributed by atoms with Crippen molar-refractivity contribution >= 4 is 33.0 Å². The van der Waals surface area contributed by atoms with Crippen molar-refractivity contribution < 1.29 is 32.7 Å². The monoisotopic (exact) mass is 532 g/mol. The molecule has 0 radical (unpaired) electrons. The summed E-state index contributed by atoms with van der Waals surface area (Å²) in [4.78, 5) is 43.0. The SMILES string of the molecule is CCOC(=O)c1c(C)cc2nc(COC(=O)N(O)CC)n(-c3ccccc3S(=O)(=O)NC)c(=O)c2c1C. The second-order valence-corrected chi connectivity index (χ2v) is 9.78. The van der Waals surface area contributed by atoms with E-state index in [-0.39, 0.29) is 46.0 Å². The Kier molecular flexibility index (Phi) is 8.31. The van der Waals surface area contributed by atoms with Crippen molar-refractivity contribution in [3.63, 3.8) is 0 Å². The van der Waals surface area contributed by atoms with E-state index in [1.807, 2.05) is 0 Å². The van der Waals surface area contributed by atoms with Crippen molar-refractivity contribution in [1.82, 2.24) is 19.3 Å². The van der Waals surface area contributed by atoms with Crippen LogP contribution >= 0.6 is 0 Å². The molecule has 3 aromatic rings. The highest BCUT2D eigenvalue weighted by atomic mass is 32.2. The van der Waals surface area contributed by atoms with Gasteiger partial charge in [0.25, 0.3) is 5.56 Å². The Morgan fingerprint density at radius 2 is 1.84 bits per heavy atom. The Hall–Kier alpha value is -3.81. The largest absolute Gasteiger partial charge is 0.462 e. The number of aryl methyl sites for hydroxylation is 2. The lowest BCUT2D eigenvalue weighted by atomic mass is 9.98. The Labute approximate surface area is 213 Å². The molecule has 0 aliphatic heterocycles. The molecule has 0 saturated heterocycles. The van der Waals surface area contributed by atoms with Crippen LogP contribution in [-0.2, 0) is 26.1 Å². The van der Waals surface area contributed by atoms with Gasteiger partial charge in [0.1, 0.15) is 4.90 Å². The summed E-state index contributed by atoms with van der Waals surface area (Å²) in [6.45, 7) is 5.97. The molecule has 2 aromatic carbocycles. The van der Waals surface area contributed by atoms with Crippen LogP contribution in [0.5, 0.6) is 0 Å². The zero-order chi connectivity index (χ0) is 27.5. The number of carbonyl (C=O) groups is 2. The number of amides is 1. The average molecular weight is 533 g/mol. The first-order valence-electron chi connectivity index (χ1n) is 11.4. The van der Waals surface area contributed by atoms with Crippen LogP contribution in [-0.4, -0.2) is 60.5 Å². The third-order valence-electron chi connectivity index (χ3n) is 5.66. The second kappa shape index (κ2) is 11.1. The van der Waals surface area contributed by atoms with Crippen molar-refractivity contribution in [2.75, 3.05) is 20.2 Å². The molecule has 0 unspecified atom stereocenters. The predicted octanol–water partition coefficient (Wildman–Crippen LogP) is 2.44. The molecule has 1 heterocycles. The van der Waals surface area contributed by atoms with Gasteiger partial charge < -0.3 is 9.47 Å². The number of hydrogen-bond donors (Lipinski definition) is 2. The van der Waals surface area contributed by atoms with Gasteiger partial charge in [-0.1, -0.05) is 12.1 Å². The van der Waals surface area contributed by atoms with Gasteiger partial charge in [0, 0.05) is 6.54 Å². The molecule has 0 aliphatic rings. The number of hydrogen-bond acceptors (Lipinski definition) is 9. The first-order chi connectivity index (χ1) is 17.5. The van der Waals surface area contributed by atoms with Crippen molar-refractivity contribution in [2.24, 2.45) is 0 Å². The summed E-state index contributed by atoms with van der Waals surface area (Å²) in [5.41, 5.74) is 0.506. The van der Waals surface area contributed by atoms with E-state index in [2.05, 4.69) is 9.71 Å². The average Bonchev–Trinajstić information content (AvgIpc) is 2.86. The summed E-state index contributed by atoms with van der Waals surface area (Å²) < 4.78 is 39.1. The van der Waals surface area contributed by atoms with E-state index in [4.69, 9.17) is 9.47 Å². The Balaban J connectivity index is 2.40. The fraction of sp³-hybridized carbons (Fsp3) is 0.333. The normalized spacial score (nSPS) is 11.4. The van der Waals surface area contributed by atoms with Gasteiger partial charge in [0.15, 0.2) is 12.4 Å². The third kappa shape index (κ3) is 5.33. The molecule has 37 heavy (non-hydrogen) atoms. The van der Waals surface area contributed by atoms with E-state index < -0.39 is 34.3 Å². The lowest BCUT2D eigenvalue weighted by molar-refractivity contribution is -0.0726. The van der Waals surface area contributed by atoms with Crippen LogP contribution in [0.25, 0.3) is 16.6 Å². The van der Waals surface area contributed by atoms with Gasteiger partial charge >= 0.3 is 12.1 Å². The molecule has 3 rings (SSSR count). The summed E-state index contributed by atoms with van der Waals surface area (Å²) in [6.07, 6.45) is -1.08. The van der Waals surface area contributed by atoms with Gasteiger partial charge in [-0.2, -0.15) is 5.06 Å². The van der Waals surface area contributed by atoms with Gasteiger partial charge in [-0.05, 0) is 64.1 Å². The quantitative estimate of drug-likeness (QED) is 0.253. The zero-order valence-corrected chi connectivity index (χ0v) is 21.9. The molecule has 1 amide bonds. The summed E-state index contributed by atoms with van der Waals surface area (Å²) in [6, 6.07) is 7.28. The van der Waals surface area contributed by atoms with Crippen LogP contribution in [0.2, 0.25) is 0 Å². The molecular formula is C24H28N4O8S. The molecule has 0 bridgehead atoms. The maximum absolute atomic E-state index is 14.0. The van der Waals surface area contributed by atoms with E-state index in [0.717, 1.165) is 4.57 Å². The number of hydroxylamine groups is 2. The molecule has 0 aliphatic carbocycles. The topological polar surface area (TPSA) is 157 Å². The van der Waals surface area contributed by atoms with Crippen molar-refractivity contribution in [3.05, 3.63) is 63.2 Å². The van der Waals surface area contributed by atoms with Gasteiger partial charge in [-0.15, -0.1) is 0 Å². The van der Waals surface area contributed by atoms with Crippen molar-refractivity contribution in [3.8, 4) is 5.69 Å². The van der Waals surface area contributed by atoms with Gasteiger partial charge in [-0.25, -0.2) is 27.7 Å². The fourth-order valence-corrected chi connectivity index (χ4v) is 4.82. The smallest absolute Gasteiger partial charge is 0.434 e. The summed E-state index contributed by atoms with van der Waals surface area (Å²) in [5.74, 6) is -0.707. The summed E-state index contributed by atoms with van der Waals surface area (Å²) >= 11 is 0. The Morgan fingerprint density at radius 1 is 1.16 bits per heavy atom. The number of ether oxygens (including phenoxy) is 2. The van der Waals surface area contributed by atoms with Gasteiger partial charge in [0.05, 0.1) is 28.8 Å². The molecule has 0 fully saturated rings. The van der Waals surface area contributed by atoms with Crippen LogP contribution < -0.4 is 10.3 Å². The standard InChI is InChI=1S/C24H28N4O8S/c1-6-27(32)24(31)36-13-19-26-16-12-14(3)20(23(30)35-7-2)15(4)21(16)22(29)28(19)17-10-8-9-11-18(17)37(33,34)25-5/h8-12,25,32H,6-7,13H2,1-5H3. The molecule has 0 saturated carbocycles. The lowest BCUT2D eigenvalue weighted by Gasteiger charge is -2.19. The van der Waals surface area contributed by atoms with Crippen LogP contribution in [0.15, 0.2) is 40.0 Å². The van der Waals surface area contributed by atoms with Gasteiger partial charge in [0.2, 0.25) is 10.0 Å². The zero-order valence-electron chi connectivity index (χ0n) is 21.1. The number of benzene rings is 2. The Morgan fingerprint density at radius 3 is 2.46 bits per heavy atom. The Bertz CT molecular complexity index is 1530. The van der Waals surface area contributed by atoms with E-state index in [1.54, 1.807) is 20.8 Å². The fourth-order valence-electron chi connectivity index (χ4n) is 3.91. The maximum Gasteiger partial charge on any atom is 0.434 e. The number of sulfonamides is 1. The first-order valence-corrected chi connectivity index (χ1v) is 12.9. The van der Waals surface area contributed by atoms with Crippen molar-refractivity contribution in [1.29, 1.82) is 0 Å². The minimum atomic E-state index is -4.03. The molecule has 2 N–H and O–H groups in total. The van der Waals surface area contributed by atoms with Crippen molar-refractivity contribution in [2.45, 2.75) is 39.2 Å². The highest BCUT2D eigenvalue weighted by molar-refractivity contribution is 7.89. The van der Waals surface area contributed by atoms with Gasteiger partial charge in [-0.3, -0.25) is 14.6 Å². The molecule has 13 heteroatoms. The van der Waals surface area contributed by atoms with Crippen LogP contribution in [0, 0.1) is 13.8 Å². The number of fused-ring (bicyclic) bond motifs is 1. The van der Waals surface area contributed by atoms with Crippen LogP contribution in [0.3, 0.4) is 0 Å². The number of nitrogens with zero attached hydrogens (tertiary/aromatic N) is 3. The number of rotatable bonds is 8. The highest BCUT2D eigenvalue weighted by Crippen LogP contribution is 2.26. The lowest BCUT2D eigenvalue weighted by Crippen LogP contribution is -2.31. The summed E-state index contributed by atoms with van der Waals surface area (Å²) in [5, 5.41) is 10.0. The number of para-hydroxylation sites is 1. The second-order valence-electron chi connectivity index (χ2n) is 7.92. The highest BCUT2D eigenvalue weighted by Gasteiger charge is 2.25. The minimum Gasteiger partial charge on any atom is -0.462 e. The molecule has 12 nitrogen and oxygen atoms in total. The number of carbonyl (C=O) groups excluding carboxylic acids is 2. The third-order valence-corrected chi connectivity index (χ3v) is 7.12. The number of aromatic nitrogens is 2. The van der Waals surface area contributed by atoms with E-state index in [9.17, 15) is 28.0 Å². The minimum absolute atomic E-state index is 0.0451. The number of esters is 1. The molecule has 0 spiro atoms. The predicted molar refractivity (Wildman–Crippen MR) is 133 cm³/mol. The van der Waals surface area contributed by atoms with Crippen LogP contribution in [0.1, 0.15) is 41.2 Å². The maximum atomic E-state index is 14.0. The van der Waals surface area contributed by atoms with E-state index >= 15 is 0 Å². The first kappa shape index (κ1) is 27.8. The molecule has 1 aromatic heterocycles. The van der Waals surface area contributed by atoms with E-state index in [1.165, 1.54) is 44.3 Å². The molecule has 0 atom stereocenters. The number of nitrogens with one attached hydrogen (secondary N) is 1. The molecular weight excluding hydrogens is 504 g/mol.